The smallest absolute Gasteiger partial charge is 0.260 e. The molecule has 0 saturated carbocycles. The molecule has 2 rings (SSSR count). The van der Waals surface area contributed by atoms with Gasteiger partial charge in [0.25, 0.3) is 5.91 Å². The molecule has 1 heterocycles. The van der Waals surface area contributed by atoms with Gasteiger partial charge in [-0.15, -0.1) is 11.3 Å². The van der Waals surface area contributed by atoms with Crippen LogP contribution in [0.3, 0.4) is 0 Å². The van der Waals surface area contributed by atoms with Gasteiger partial charge < -0.3 is 19.5 Å². The Morgan fingerprint density at radius 3 is 2.64 bits per heavy atom. The number of para-hydroxylation sites is 2. The van der Waals surface area contributed by atoms with E-state index in [1.165, 1.54) is 16.2 Å². The Labute approximate surface area is 133 Å². The first kappa shape index (κ1) is 16.3. The average Bonchev–Trinajstić information content (AvgIpc) is 3.07. The molecule has 1 aromatic heterocycles. The number of amides is 1. The molecule has 1 atom stereocenters. The minimum atomic E-state index is -0.680. The fourth-order valence-electron chi connectivity index (χ4n) is 1.92. The molecule has 1 aromatic carbocycles. The maximum Gasteiger partial charge on any atom is 0.260 e. The van der Waals surface area contributed by atoms with Crippen molar-refractivity contribution in [2.45, 2.75) is 6.10 Å². The van der Waals surface area contributed by atoms with Crippen molar-refractivity contribution in [3.8, 4) is 11.5 Å². The zero-order chi connectivity index (χ0) is 15.9. The number of carbonyl (C=O) groups excluding carboxylic acids is 1. The molecule has 22 heavy (non-hydrogen) atoms. The minimum absolute atomic E-state index is 0.103. The third kappa shape index (κ3) is 4.22. The Morgan fingerprint density at radius 2 is 2.00 bits per heavy atom. The molecule has 0 aliphatic rings. The molecule has 0 saturated heterocycles. The van der Waals surface area contributed by atoms with Crippen LogP contribution in [0.4, 0.5) is 0 Å². The van der Waals surface area contributed by atoms with Gasteiger partial charge in [-0.1, -0.05) is 18.2 Å². The van der Waals surface area contributed by atoms with E-state index in [1.54, 1.807) is 26.3 Å². The summed E-state index contributed by atoms with van der Waals surface area (Å²) in [6, 6.07) is 10.9. The molecule has 2 aromatic rings. The van der Waals surface area contributed by atoms with Crippen LogP contribution in [0.2, 0.25) is 0 Å². The number of benzene rings is 1. The van der Waals surface area contributed by atoms with Crippen molar-refractivity contribution in [1.82, 2.24) is 4.90 Å². The fourth-order valence-corrected chi connectivity index (χ4v) is 2.62. The van der Waals surface area contributed by atoms with Crippen molar-refractivity contribution in [1.29, 1.82) is 0 Å². The van der Waals surface area contributed by atoms with E-state index in [4.69, 9.17) is 9.47 Å². The number of likely N-dealkylation sites (N-methyl/N-ethyl adjacent to an activating group) is 1. The van der Waals surface area contributed by atoms with Crippen LogP contribution in [0, 0.1) is 0 Å². The maximum atomic E-state index is 12.1. The predicted octanol–water partition coefficient (Wildman–Crippen LogP) is 2.33. The van der Waals surface area contributed by atoms with Gasteiger partial charge in [0, 0.05) is 11.9 Å². The SMILES string of the molecule is COc1ccccc1OCC(=O)N(C)CC(O)c1cccs1. The molecule has 1 amide bonds. The van der Waals surface area contributed by atoms with Crippen LogP contribution in [0.15, 0.2) is 41.8 Å². The highest BCUT2D eigenvalue weighted by molar-refractivity contribution is 7.10. The summed E-state index contributed by atoms with van der Waals surface area (Å²) in [7, 11) is 3.19. The van der Waals surface area contributed by atoms with Crippen molar-refractivity contribution in [3.05, 3.63) is 46.7 Å². The molecule has 1 unspecified atom stereocenters. The number of hydrogen-bond acceptors (Lipinski definition) is 5. The number of nitrogens with zero attached hydrogens (tertiary/aromatic N) is 1. The molecule has 0 aliphatic carbocycles. The Kier molecular flexibility index (Phi) is 5.80. The molecule has 6 heteroatoms. The van der Waals surface area contributed by atoms with Crippen LogP contribution in [-0.2, 0) is 4.79 Å². The topological polar surface area (TPSA) is 59.0 Å². The highest BCUT2D eigenvalue weighted by atomic mass is 32.1. The molecule has 0 aliphatic heterocycles. The summed E-state index contributed by atoms with van der Waals surface area (Å²) in [6.07, 6.45) is -0.680. The first-order valence-electron chi connectivity index (χ1n) is 6.83. The number of methoxy groups -OCH3 is 1. The number of carbonyl (C=O) groups is 1. The quantitative estimate of drug-likeness (QED) is 0.850. The van der Waals surface area contributed by atoms with Gasteiger partial charge in [0.1, 0.15) is 6.10 Å². The third-order valence-electron chi connectivity index (χ3n) is 3.16. The summed E-state index contributed by atoms with van der Waals surface area (Å²) in [6.45, 7) is 0.128. The second kappa shape index (κ2) is 7.82. The van der Waals surface area contributed by atoms with Gasteiger partial charge in [0.15, 0.2) is 18.1 Å². The van der Waals surface area contributed by atoms with Gasteiger partial charge >= 0.3 is 0 Å². The fraction of sp³-hybridized carbons (Fsp3) is 0.312. The lowest BCUT2D eigenvalue weighted by Crippen LogP contribution is -2.34. The maximum absolute atomic E-state index is 12.1. The Morgan fingerprint density at radius 1 is 1.27 bits per heavy atom. The number of aliphatic hydroxyl groups is 1. The minimum Gasteiger partial charge on any atom is -0.493 e. The van der Waals surface area contributed by atoms with Crippen LogP contribution in [0.1, 0.15) is 11.0 Å². The summed E-state index contributed by atoms with van der Waals surface area (Å²) >= 11 is 1.46. The van der Waals surface area contributed by atoms with Gasteiger partial charge in [-0.2, -0.15) is 0 Å². The first-order valence-corrected chi connectivity index (χ1v) is 7.71. The van der Waals surface area contributed by atoms with Crippen LogP contribution < -0.4 is 9.47 Å². The van der Waals surface area contributed by atoms with Gasteiger partial charge in [-0.3, -0.25) is 4.79 Å². The van der Waals surface area contributed by atoms with Crippen LogP contribution in [0.25, 0.3) is 0 Å². The van der Waals surface area contributed by atoms with Crippen LogP contribution in [-0.4, -0.2) is 43.2 Å². The lowest BCUT2D eigenvalue weighted by Gasteiger charge is -2.20. The lowest BCUT2D eigenvalue weighted by molar-refractivity contribution is -0.133. The van der Waals surface area contributed by atoms with Gasteiger partial charge in [-0.25, -0.2) is 0 Å². The molecule has 0 spiro atoms. The summed E-state index contributed by atoms with van der Waals surface area (Å²) in [5.41, 5.74) is 0. The third-order valence-corrected chi connectivity index (χ3v) is 4.14. The zero-order valence-corrected chi connectivity index (χ0v) is 13.4. The number of hydrogen-bond donors (Lipinski definition) is 1. The predicted molar refractivity (Wildman–Crippen MR) is 85.4 cm³/mol. The molecule has 1 N–H and O–H groups in total. The van der Waals surface area contributed by atoms with Crippen LogP contribution in [0.5, 0.6) is 11.5 Å². The Hall–Kier alpha value is -2.05. The molecule has 5 nitrogen and oxygen atoms in total. The van der Waals surface area contributed by atoms with E-state index in [0.29, 0.717) is 11.5 Å². The molecular formula is C16H19NO4S. The Bertz CT molecular complexity index is 600. The van der Waals surface area contributed by atoms with Crippen molar-refractivity contribution >= 4 is 17.2 Å². The van der Waals surface area contributed by atoms with E-state index in [1.807, 2.05) is 29.6 Å². The average molecular weight is 321 g/mol. The summed E-state index contributed by atoms with van der Waals surface area (Å²) in [5, 5.41) is 11.9. The van der Waals surface area contributed by atoms with Crippen molar-refractivity contribution in [2.75, 3.05) is 27.3 Å². The van der Waals surface area contributed by atoms with Gasteiger partial charge in [0.05, 0.1) is 13.7 Å². The van der Waals surface area contributed by atoms with E-state index in [9.17, 15) is 9.90 Å². The summed E-state index contributed by atoms with van der Waals surface area (Å²) in [5.74, 6) is 0.892. The molecule has 0 radical (unpaired) electrons. The normalized spacial score (nSPS) is 11.8. The second-order valence-corrected chi connectivity index (χ2v) is 5.72. The molecular weight excluding hydrogens is 302 g/mol. The van der Waals surface area contributed by atoms with E-state index in [2.05, 4.69) is 0 Å². The van der Waals surface area contributed by atoms with Crippen molar-refractivity contribution in [3.63, 3.8) is 0 Å². The molecule has 118 valence electrons. The number of rotatable bonds is 7. The van der Waals surface area contributed by atoms with E-state index in [0.717, 1.165) is 4.88 Å². The Balaban J connectivity index is 1.86. The lowest BCUT2D eigenvalue weighted by atomic mass is 10.3. The zero-order valence-electron chi connectivity index (χ0n) is 12.6. The highest BCUT2D eigenvalue weighted by Gasteiger charge is 2.16. The molecule has 0 fully saturated rings. The largest absolute Gasteiger partial charge is 0.493 e. The standard InChI is InChI=1S/C16H19NO4S/c1-17(10-12(18)15-8-5-9-22-15)16(19)11-21-14-7-4-3-6-13(14)20-2/h3-9,12,18H,10-11H2,1-2H3. The van der Waals surface area contributed by atoms with E-state index in [-0.39, 0.29) is 19.1 Å². The summed E-state index contributed by atoms with van der Waals surface area (Å²) < 4.78 is 10.7. The highest BCUT2D eigenvalue weighted by Crippen LogP contribution is 2.25. The number of aliphatic hydroxyl groups excluding tert-OH is 1. The van der Waals surface area contributed by atoms with Crippen LogP contribution >= 0.6 is 11.3 Å². The van der Waals surface area contributed by atoms with Gasteiger partial charge in [-0.05, 0) is 23.6 Å². The van der Waals surface area contributed by atoms with E-state index < -0.39 is 6.10 Å². The summed E-state index contributed by atoms with van der Waals surface area (Å²) in [4.78, 5) is 14.4. The number of ether oxygens (including phenoxy) is 2. The number of thiophene rings is 1. The first-order chi connectivity index (χ1) is 10.6. The van der Waals surface area contributed by atoms with E-state index >= 15 is 0 Å². The van der Waals surface area contributed by atoms with Gasteiger partial charge in [0.2, 0.25) is 0 Å². The molecule has 0 bridgehead atoms. The van der Waals surface area contributed by atoms with Crippen molar-refractivity contribution in [2.24, 2.45) is 0 Å². The second-order valence-electron chi connectivity index (χ2n) is 4.75. The monoisotopic (exact) mass is 321 g/mol. The van der Waals surface area contributed by atoms with Crippen molar-refractivity contribution < 1.29 is 19.4 Å².